The highest BCUT2D eigenvalue weighted by molar-refractivity contribution is 9.10. The van der Waals surface area contributed by atoms with Gasteiger partial charge in [-0.1, -0.05) is 19.9 Å². The van der Waals surface area contributed by atoms with E-state index in [0.29, 0.717) is 23.4 Å². The number of benzene rings is 1. The molecular formula is C16H22BrFN2O. The van der Waals surface area contributed by atoms with E-state index in [4.69, 9.17) is 5.73 Å². The summed E-state index contributed by atoms with van der Waals surface area (Å²) in [7, 11) is 0. The Kier molecular flexibility index (Phi) is 5.38. The summed E-state index contributed by atoms with van der Waals surface area (Å²) < 4.78 is 14.3. The summed E-state index contributed by atoms with van der Waals surface area (Å²) in [5, 5.41) is 0. The SMILES string of the molecule is CC(C)CN1C(=O)CCCC(N)C1c1ccc(Br)c(F)c1. The molecule has 0 bridgehead atoms. The number of carbonyl (C=O) groups is 1. The van der Waals surface area contributed by atoms with Gasteiger partial charge in [-0.15, -0.1) is 0 Å². The third kappa shape index (κ3) is 3.83. The Morgan fingerprint density at radius 1 is 1.48 bits per heavy atom. The smallest absolute Gasteiger partial charge is 0.223 e. The summed E-state index contributed by atoms with van der Waals surface area (Å²) in [4.78, 5) is 14.2. The molecule has 1 aliphatic rings. The molecule has 1 aliphatic heterocycles. The molecule has 2 unspecified atom stereocenters. The molecule has 1 aromatic carbocycles. The maximum atomic E-state index is 13.9. The van der Waals surface area contributed by atoms with Gasteiger partial charge in [0.2, 0.25) is 5.91 Å². The minimum Gasteiger partial charge on any atom is -0.334 e. The molecule has 1 saturated heterocycles. The Morgan fingerprint density at radius 2 is 2.19 bits per heavy atom. The van der Waals surface area contributed by atoms with Gasteiger partial charge in [-0.2, -0.15) is 0 Å². The largest absolute Gasteiger partial charge is 0.334 e. The fraction of sp³-hybridized carbons (Fsp3) is 0.562. The van der Waals surface area contributed by atoms with Crippen molar-refractivity contribution >= 4 is 21.8 Å². The van der Waals surface area contributed by atoms with Gasteiger partial charge in [0.25, 0.3) is 0 Å². The predicted molar refractivity (Wildman–Crippen MR) is 85.2 cm³/mol. The van der Waals surface area contributed by atoms with Crippen molar-refractivity contribution in [1.82, 2.24) is 4.90 Å². The van der Waals surface area contributed by atoms with Crippen molar-refractivity contribution < 1.29 is 9.18 Å². The van der Waals surface area contributed by atoms with Crippen LogP contribution in [0.25, 0.3) is 0 Å². The maximum absolute atomic E-state index is 13.9. The lowest BCUT2D eigenvalue weighted by Gasteiger charge is -2.35. The van der Waals surface area contributed by atoms with E-state index in [1.54, 1.807) is 6.07 Å². The molecule has 2 rings (SSSR count). The van der Waals surface area contributed by atoms with Gasteiger partial charge in [-0.25, -0.2) is 4.39 Å². The molecule has 1 amide bonds. The molecule has 1 aromatic rings. The first kappa shape index (κ1) is 16.4. The summed E-state index contributed by atoms with van der Waals surface area (Å²) in [5.74, 6) is 0.146. The first-order chi connectivity index (χ1) is 9.90. The van der Waals surface area contributed by atoms with Crippen LogP contribution >= 0.6 is 15.9 Å². The van der Waals surface area contributed by atoms with Crippen molar-refractivity contribution in [1.29, 1.82) is 0 Å². The summed E-state index contributed by atoms with van der Waals surface area (Å²) >= 11 is 3.16. The van der Waals surface area contributed by atoms with Gasteiger partial charge in [-0.3, -0.25) is 4.79 Å². The zero-order chi connectivity index (χ0) is 15.6. The highest BCUT2D eigenvalue weighted by Crippen LogP contribution is 2.32. The number of hydrogen-bond acceptors (Lipinski definition) is 2. The molecule has 2 atom stereocenters. The molecule has 0 radical (unpaired) electrons. The number of hydrogen-bond donors (Lipinski definition) is 1. The highest BCUT2D eigenvalue weighted by atomic mass is 79.9. The second-order valence-corrected chi connectivity index (χ2v) is 6.97. The molecule has 0 saturated carbocycles. The molecule has 2 N–H and O–H groups in total. The number of rotatable bonds is 3. The van der Waals surface area contributed by atoms with Crippen molar-refractivity contribution in [3.63, 3.8) is 0 Å². The monoisotopic (exact) mass is 356 g/mol. The highest BCUT2D eigenvalue weighted by Gasteiger charge is 2.33. The fourth-order valence-corrected chi connectivity index (χ4v) is 3.16. The normalized spacial score (nSPS) is 23.5. The van der Waals surface area contributed by atoms with Crippen LogP contribution in [-0.4, -0.2) is 23.4 Å². The van der Waals surface area contributed by atoms with Crippen molar-refractivity contribution in [2.75, 3.05) is 6.54 Å². The average Bonchev–Trinajstić information content (AvgIpc) is 2.53. The second-order valence-electron chi connectivity index (χ2n) is 6.11. The first-order valence-electron chi connectivity index (χ1n) is 7.40. The zero-order valence-electron chi connectivity index (χ0n) is 12.5. The molecule has 116 valence electrons. The maximum Gasteiger partial charge on any atom is 0.223 e. The predicted octanol–water partition coefficient (Wildman–Crippen LogP) is 3.63. The van der Waals surface area contributed by atoms with Crippen molar-refractivity contribution in [3.8, 4) is 0 Å². The minimum absolute atomic E-state index is 0.116. The van der Waals surface area contributed by atoms with Crippen LogP contribution in [0.2, 0.25) is 0 Å². The molecule has 0 aromatic heterocycles. The van der Waals surface area contributed by atoms with Gasteiger partial charge in [-0.05, 0) is 52.4 Å². The van der Waals surface area contributed by atoms with Crippen LogP contribution in [0.4, 0.5) is 4.39 Å². The molecule has 0 spiro atoms. The summed E-state index contributed by atoms with van der Waals surface area (Å²) in [5.41, 5.74) is 7.08. The van der Waals surface area contributed by atoms with E-state index < -0.39 is 0 Å². The molecule has 0 aliphatic carbocycles. The molecular weight excluding hydrogens is 335 g/mol. The van der Waals surface area contributed by atoms with Crippen molar-refractivity contribution in [2.24, 2.45) is 11.7 Å². The Balaban J connectivity index is 2.40. The molecule has 3 nitrogen and oxygen atoms in total. The van der Waals surface area contributed by atoms with Crippen LogP contribution in [0.3, 0.4) is 0 Å². The Morgan fingerprint density at radius 3 is 2.81 bits per heavy atom. The Labute approximate surface area is 133 Å². The lowest BCUT2D eigenvalue weighted by atomic mass is 9.95. The van der Waals surface area contributed by atoms with E-state index in [-0.39, 0.29) is 23.8 Å². The third-order valence-corrected chi connectivity index (χ3v) is 4.48. The van der Waals surface area contributed by atoms with Crippen LogP contribution < -0.4 is 5.73 Å². The first-order valence-corrected chi connectivity index (χ1v) is 8.19. The standard InChI is InChI=1S/C16H22BrFN2O/c1-10(2)9-20-15(21)5-3-4-14(19)16(20)11-6-7-12(17)13(18)8-11/h6-8,10,14,16H,3-5,9,19H2,1-2H3. The van der Waals surface area contributed by atoms with Crippen LogP contribution in [-0.2, 0) is 4.79 Å². The number of amides is 1. The van der Waals surface area contributed by atoms with Crippen molar-refractivity contribution in [3.05, 3.63) is 34.1 Å². The van der Waals surface area contributed by atoms with Gasteiger partial charge in [0.1, 0.15) is 5.82 Å². The van der Waals surface area contributed by atoms with Crippen molar-refractivity contribution in [2.45, 2.75) is 45.2 Å². The topological polar surface area (TPSA) is 46.3 Å². The summed E-state index contributed by atoms with van der Waals surface area (Å²) in [6.07, 6.45) is 2.10. The van der Waals surface area contributed by atoms with E-state index in [1.807, 2.05) is 11.0 Å². The van der Waals surface area contributed by atoms with Gasteiger partial charge in [0.15, 0.2) is 0 Å². The van der Waals surface area contributed by atoms with Gasteiger partial charge in [0.05, 0.1) is 10.5 Å². The van der Waals surface area contributed by atoms with Crippen LogP contribution in [0.15, 0.2) is 22.7 Å². The Hall–Kier alpha value is -0.940. The lowest BCUT2D eigenvalue weighted by molar-refractivity contribution is -0.133. The van der Waals surface area contributed by atoms with Crippen LogP contribution in [0, 0.1) is 11.7 Å². The van der Waals surface area contributed by atoms with E-state index in [1.165, 1.54) is 6.07 Å². The zero-order valence-corrected chi connectivity index (χ0v) is 14.1. The lowest BCUT2D eigenvalue weighted by Crippen LogP contribution is -2.43. The van der Waals surface area contributed by atoms with E-state index in [0.717, 1.165) is 18.4 Å². The number of nitrogens with two attached hydrogens (primary N) is 1. The number of carbonyl (C=O) groups excluding carboxylic acids is 1. The number of likely N-dealkylation sites (tertiary alicyclic amines) is 1. The quantitative estimate of drug-likeness (QED) is 0.898. The van der Waals surface area contributed by atoms with Crippen LogP contribution in [0.5, 0.6) is 0 Å². The van der Waals surface area contributed by atoms with Gasteiger partial charge >= 0.3 is 0 Å². The minimum atomic E-state index is -0.319. The van der Waals surface area contributed by atoms with E-state index >= 15 is 0 Å². The number of halogens is 2. The van der Waals surface area contributed by atoms with Crippen LogP contribution in [0.1, 0.15) is 44.7 Å². The summed E-state index contributed by atoms with van der Waals surface area (Å²) in [6, 6.07) is 4.62. The molecule has 21 heavy (non-hydrogen) atoms. The third-order valence-electron chi connectivity index (χ3n) is 3.84. The number of nitrogens with zero attached hydrogens (tertiary/aromatic N) is 1. The fourth-order valence-electron chi connectivity index (χ4n) is 2.91. The summed E-state index contributed by atoms with van der Waals surface area (Å²) in [6.45, 7) is 4.79. The van der Waals surface area contributed by atoms with Gasteiger partial charge in [0, 0.05) is 19.0 Å². The average molecular weight is 357 g/mol. The molecule has 1 heterocycles. The van der Waals surface area contributed by atoms with E-state index in [2.05, 4.69) is 29.8 Å². The second kappa shape index (κ2) is 6.88. The van der Waals surface area contributed by atoms with E-state index in [9.17, 15) is 9.18 Å². The van der Waals surface area contributed by atoms with Gasteiger partial charge < -0.3 is 10.6 Å². The molecule has 1 fully saturated rings. The molecule has 5 heteroatoms. The Bertz CT molecular complexity index is 521.